The Morgan fingerprint density at radius 2 is 1.66 bits per heavy atom. The van der Waals surface area contributed by atoms with E-state index < -0.39 is 8.32 Å². The van der Waals surface area contributed by atoms with Crippen molar-refractivity contribution < 1.29 is 9.16 Å². The van der Waals surface area contributed by atoms with Gasteiger partial charge in [0.25, 0.3) is 0 Å². The molecule has 4 heteroatoms. The zero-order valence-corrected chi connectivity index (χ0v) is 21.9. The predicted octanol–water partition coefficient (Wildman–Crippen LogP) is 8.09. The molecule has 0 amide bonds. The number of aliphatic imine (C=N–C) groups is 1. The molecule has 0 aliphatic carbocycles. The fourth-order valence-electron chi connectivity index (χ4n) is 3.85. The van der Waals surface area contributed by atoms with Crippen LogP contribution in [0.5, 0.6) is 0 Å². The van der Waals surface area contributed by atoms with Crippen LogP contribution in [0, 0.1) is 0 Å². The first-order chi connectivity index (χ1) is 15.5. The van der Waals surface area contributed by atoms with Gasteiger partial charge < -0.3 is 9.16 Å². The Bertz CT molecular complexity index is 706. The molecule has 0 radical (unpaired) electrons. The van der Waals surface area contributed by atoms with Gasteiger partial charge in [0.05, 0.1) is 6.10 Å². The van der Waals surface area contributed by atoms with E-state index in [9.17, 15) is 0 Å². The highest BCUT2D eigenvalue weighted by Crippen LogP contribution is 2.20. The zero-order chi connectivity index (χ0) is 23.1. The average molecular weight is 456 g/mol. The molecule has 3 nitrogen and oxygen atoms in total. The van der Waals surface area contributed by atoms with Crippen LogP contribution < -0.4 is 0 Å². The number of hydrogen-bond donors (Lipinski definition) is 0. The highest BCUT2D eigenvalue weighted by Gasteiger charge is 2.30. The van der Waals surface area contributed by atoms with E-state index in [0.29, 0.717) is 6.61 Å². The molecule has 1 aromatic carbocycles. The Hall–Kier alpha value is -1.65. The van der Waals surface area contributed by atoms with Crippen molar-refractivity contribution in [3.05, 3.63) is 60.2 Å². The molecule has 0 bridgehead atoms. The third kappa shape index (κ3) is 11.3. The standard InChI is InChI=1S/C28H45NO2Si/c1-5-6-7-8-9-10-11-12-13-14-15-16-20-23-27(31-32(2,3)4)26-24-30-28(29-26)25-21-18-17-19-22-25/h14-15,17-23,26-27H,5-13,16,24H2,1-4H3/b15-14+,23-20+/t26-,27+/m0/s1. The summed E-state index contributed by atoms with van der Waals surface area (Å²) < 4.78 is 12.4. The van der Waals surface area contributed by atoms with Crippen LogP contribution in [-0.2, 0) is 9.16 Å². The van der Waals surface area contributed by atoms with Crippen LogP contribution in [0.15, 0.2) is 59.6 Å². The summed E-state index contributed by atoms with van der Waals surface area (Å²) in [5.74, 6) is 0.735. The van der Waals surface area contributed by atoms with E-state index in [1.807, 2.05) is 30.3 Å². The van der Waals surface area contributed by atoms with E-state index in [1.165, 1.54) is 57.8 Å². The second-order valence-corrected chi connectivity index (χ2v) is 14.2. The summed E-state index contributed by atoms with van der Waals surface area (Å²) in [5.41, 5.74) is 1.04. The van der Waals surface area contributed by atoms with Gasteiger partial charge in [0.2, 0.25) is 5.90 Å². The van der Waals surface area contributed by atoms with Crippen molar-refractivity contribution in [1.29, 1.82) is 0 Å². The van der Waals surface area contributed by atoms with E-state index in [4.69, 9.17) is 14.2 Å². The number of allylic oxidation sites excluding steroid dienone is 3. The molecule has 0 spiro atoms. The van der Waals surface area contributed by atoms with Gasteiger partial charge in [0, 0.05) is 5.56 Å². The normalized spacial score (nSPS) is 17.8. The number of unbranched alkanes of at least 4 members (excludes halogenated alkanes) is 8. The molecule has 0 saturated heterocycles. The van der Waals surface area contributed by atoms with Crippen LogP contribution in [0.25, 0.3) is 0 Å². The summed E-state index contributed by atoms with van der Waals surface area (Å²) >= 11 is 0. The lowest BCUT2D eigenvalue weighted by Crippen LogP contribution is -2.37. The number of rotatable bonds is 16. The van der Waals surface area contributed by atoms with Gasteiger partial charge in [-0.05, 0) is 51.0 Å². The van der Waals surface area contributed by atoms with Gasteiger partial charge in [0.1, 0.15) is 12.6 Å². The Morgan fingerprint density at radius 1 is 0.969 bits per heavy atom. The largest absolute Gasteiger partial charge is 0.475 e. The molecule has 2 atom stereocenters. The second-order valence-electron chi connectivity index (χ2n) is 9.77. The van der Waals surface area contributed by atoms with E-state index in [0.717, 1.165) is 17.9 Å². The van der Waals surface area contributed by atoms with Crippen LogP contribution in [0.3, 0.4) is 0 Å². The fraction of sp³-hybridized carbons (Fsp3) is 0.607. The maximum atomic E-state index is 6.45. The summed E-state index contributed by atoms with van der Waals surface area (Å²) in [4.78, 5) is 4.85. The predicted molar refractivity (Wildman–Crippen MR) is 141 cm³/mol. The molecule has 0 aromatic heterocycles. The van der Waals surface area contributed by atoms with Crippen molar-refractivity contribution in [3.8, 4) is 0 Å². The van der Waals surface area contributed by atoms with Crippen molar-refractivity contribution in [1.82, 2.24) is 0 Å². The molecular weight excluding hydrogens is 410 g/mol. The number of hydrogen-bond acceptors (Lipinski definition) is 3. The van der Waals surface area contributed by atoms with E-state index in [1.54, 1.807) is 0 Å². The Kier molecular flexibility index (Phi) is 12.7. The maximum absolute atomic E-state index is 6.45. The quantitative estimate of drug-likeness (QED) is 0.143. The van der Waals surface area contributed by atoms with E-state index >= 15 is 0 Å². The molecule has 1 heterocycles. The smallest absolute Gasteiger partial charge is 0.216 e. The lowest BCUT2D eigenvalue weighted by atomic mass is 10.1. The molecule has 1 aromatic rings. The molecule has 0 unspecified atom stereocenters. The van der Waals surface area contributed by atoms with Gasteiger partial charge in [-0.15, -0.1) is 0 Å². The summed E-state index contributed by atoms with van der Waals surface area (Å²) in [6.45, 7) is 9.55. The minimum atomic E-state index is -1.69. The lowest BCUT2D eigenvalue weighted by Gasteiger charge is -2.26. The molecule has 32 heavy (non-hydrogen) atoms. The molecule has 0 saturated carbocycles. The monoisotopic (exact) mass is 455 g/mol. The highest BCUT2D eigenvalue weighted by molar-refractivity contribution is 6.69. The number of benzene rings is 1. The van der Waals surface area contributed by atoms with Crippen LogP contribution in [0.4, 0.5) is 0 Å². The van der Waals surface area contributed by atoms with Gasteiger partial charge in [-0.25, -0.2) is 4.99 Å². The SMILES string of the molecule is CCCCCCCCCC/C=C/C/C=C/[C@@H](O[Si](C)(C)C)[C@@H]1COC(c2ccccc2)=N1. The third-order valence-corrected chi connectivity index (χ3v) is 6.53. The Labute approximate surface area is 198 Å². The molecule has 178 valence electrons. The van der Waals surface area contributed by atoms with Gasteiger partial charge in [-0.2, -0.15) is 0 Å². The molecule has 1 aliphatic heterocycles. The first kappa shape index (κ1) is 26.6. The lowest BCUT2D eigenvalue weighted by molar-refractivity contribution is 0.183. The van der Waals surface area contributed by atoms with Crippen molar-refractivity contribution in [2.75, 3.05) is 6.61 Å². The van der Waals surface area contributed by atoms with Crippen molar-refractivity contribution in [3.63, 3.8) is 0 Å². The van der Waals surface area contributed by atoms with Crippen LogP contribution in [-0.4, -0.2) is 33.0 Å². The molecular formula is C28H45NO2Si. The van der Waals surface area contributed by atoms with Gasteiger partial charge in [-0.1, -0.05) is 94.4 Å². The summed E-state index contributed by atoms with van der Waals surface area (Å²) in [6.07, 6.45) is 22.2. The minimum absolute atomic E-state index is 0.0227. The van der Waals surface area contributed by atoms with Crippen LogP contribution in [0.1, 0.15) is 76.7 Å². The summed E-state index contributed by atoms with van der Waals surface area (Å²) in [7, 11) is -1.69. The summed E-state index contributed by atoms with van der Waals surface area (Å²) in [5, 5.41) is 0. The second kappa shape index (κ2) is 15.2. The minimum Gasteiger partial charge on any atom is -0.475 e. The molecule has 0 fully saturated rings. The number of ether oxygens (including phenoxy) is 1. The first-order valence-corrected chi connectivity index (χ1v) is 16.2. The van der Waals surface area contributed by atoms with E-state index in [-0.39, 0.29) is 12.1 Å². The molecule has 1 aliphatic rings. The summed E-state index contributed by atoms with van der Waals surface area (Å²) in [6, 6.07) is 10.2. The molecule has 2 rings (SSSR count). The maximum Gasteiger partial charge on any atom is 0.216 e. The third-order valence-electron chi connectivity index (χ3n) is 5.55. The van der Waals surface area contributed by atoms with Gasteiger partial charge >= 0.3 is 0 Å². The topological polar surface area (TPSA) is 30.8 Å². The Morgan fingerprint density at radius 3 is 2.34 bits per heavy atom. The number of nitrogens with zero attached hydrogens (tertiary/aromatic N) is 1. The van der Waals surface area contributed by atoms with E-state index in [2.05, 4.69) is 50.9 Å². The zero-order valence-electron chi connectivity index (χ0n) is 20.9. The first-order valence-electron chi connectivity index (χ1n) is 12.7. The van der Waals surface area contributed by atoms with Crippen LogP contribution >= 0.6 is 0 Å². The average Bonchev–Trinajstić information content (AvgIpc) is 3.26. The van der Waals surface area contributed by atoms with Crippen molar-refractivity contribution in [2.45, 2.75) is 103 Å². The van der Waals surface area contributed by atoms with Crippen molar-refractivity contribution >= 4 is 14.2 Å². The van der Waals surface area contributed by atoms with Gasteiger partial charge in [0.15, 0.2) is 8.32 Å². The molecule has 0 N–H and O–H groups in total. The van der Waals surface area contributed by atoms with Gasteiger partial charge in [-0.3, -0.25) is 0 Å². The highest BCUT2D eigenvalue weighted by atomic mass is 28.4. The van der Waals surface area contributed by atoms with Crippen molar-refractivity contribution in [2.24, 2.45) is 4.99 Å². The Balaban J connectivity index is 1.74. The van der Waals surface area contributed by atoms with Crippen LogP contribution in [0.2, 0.25) is 19.6 Å². The fourth-order valence-corrected chi connectivity index (χ4v) is 4.90.